The van der Waals surface area contributed by atoms with Crippen LogP contribution in [-0.2, 0) is 6.54 Å². The molecule has 5 rings (SSSR count). The number of hydrogen-bond acceptors (Lipinski definition) is 5. The van der Waals surface area contributed by atoms with Crippen molar-refractivity contribution in [2.24, 2.45) is 0 Å². The van der Waals surface area contributed by atoms with E-state index in [-0.39, 0.29) is 5.91 Å². The average Bonchev–Trinajstić information content (AvgIpc) is 3.14. The molecule has 1 saturated heterocycles. The van der Waals surface area contributed by atoms with Gasteiger partial charge in [0.15, 0.2) is 0 Å². The van der Waals surface area contributed by atoms with Gasteiger partial charge in [0.05, 0.1) is 22.1 Å². The smallest absolute Gasteiger partial charge is 0.261 e. The topological polar surface area (TPSA) is 75.9 Å². The SMILES string of the molecule is O=C(Nc1nc2ccccc2n1CCN1CCCCC1)c1cncc2cccnc12. The van der Waals surface area contributed by atoms with Gasteiger partial charge in [-0.15, -0.1) is 0 Å². The highest BCUT2D eigenvalue weighted by atomic mass is 16.1. The lowest BCUT2D eigenvalue weighted by Gasteiger charge is -2.26. The summed E-state index contributed by atoms with van der Waals surface area (Å²) in [4.78, 5) is 28.9. The van der Waals surface area contributed by atoms with Gasteiger partial charge in [-0.3, -0.25) is 20.1 Å². The fourth-order valence-corrected chi connectivity index (χ4v) is 4.16. The predicted octanol–water partition coefficient (Wildman–Crippen LogP) is 3.72. The van der Waals surface area contributed by atoms with Gasteiger partial charge in [-0.25, -0.2) is 4.98 Å². The number of nitrogens with one attached hydrogen (secondary N) is 1. The minimum atomic E-state index is -0.249. The fourth-order valence-electron chi connectivity index (χ4n) is 4.16. The van der Waals surface area contributed by atoms with Crippen molar-refractivity contribution in [3.63, 3.8) is 0 Å². The number of benzene rings is 1. The number of para-hydroxylation sites is 2. The van der Waals surface area contributed by atoms with E-state index < -0.39 is 0 Å². The summed E-state index contributed by atoms with van der Waals surface area (Å²) in [6.07, 6.45) is 8.80. The molecule has 0 spiro atoms. The largest absolute Gasteiger partial charge is 0.309 e. The first kappa shape index (κ1) is 18.7. The zero-order valence-electron chi connectivity index (χ0n) is 16.8. The van der Waals surface area contributed by atoms with Crippen molar-refractivity contribution in [1.82, 2.24) is 24.4 Å². The van der Waals surface area contributed by atoms with Crippen LogP contribution in [-0.4, -0.2) is 50.0 Å². The Hall–Kier alpha value is -3.32. The van der Waals surface area contributed by atoms with Crippen LogP contribution < -0.4 is 5.32 Å². The number of fused-ring (bicyclic) bond motifs is 2. The van der Waals surface area contributed by atoms with E-state index in [0.717, 1.165) is 42.6 Å². The zero-order chi connectivity index (χ0) is 20.3. The molecule has 1 N–H and O–H groups in total. The Balaban J connectivity index is 1.45. The van der Waals surface area contributed by atoms with Crippen molar-refractivity contribution in [2.75, 3.05) is 25.0 Å². The third-order valence-corrected chi connectivity index (χ3v) is 5.72. The second-order valence-corrected chi connectivity index (χ2v) is 7.69. The van der Waals surface area contributed by atoms with E-state index in [1.54, 1.807) is 18.6 Å². The summed E-state index contributed by atoms with van der Waals surface area (Å²) < 4.78 is 2.10. The Labute approximate surface area is 174 Å². The number of anilines is 1. The van der Waals surface area contributed by atoms with E-state index >= 15 is 0 Å². The number of carbonyl (C=O) groups excluding carboxylic acids is 1. The van der Waals surface area contributed by atoms with Gasteiger partial charge in [0.25, 0.3) is 5.91 Å². The van der Waals surface area contributed by atoms with Gasteiger partial charge in [-0.2, -0.15) is 0 Å². The highest BCUT2D eigenvalue weighted by molar-refractivity contribution is 6.11. The van der Waals surface area contributed by atoms with Crippen molar-refractivity contribution in [3.05, 3.63) is 60.6 Å². The number of nitrogens with zero attached hydrogens (tertiary/aromatic N) is 5. The number of carbonyl (C=O) groups is 1. The number of pyridine rings is 2. The number of aromatic nitrogens is 4. The molecule has 1 aliphatic rings. The molecule has 1 fully saturated rings. The molecule has 0 bridgehead atoms. The minimum Gasteiger partial charge on any atom is -0.309 e. The Morgan fingerprint density at radius 1 is 1.00 bits per heavy atom. The van der Waals surface area contributed by atoms with Gasteiger partial charge in [-0.1, -0.05) is 18.6 Å². The van der Waals surface area contributed by atoms with Gasteiger partial charge >= 0.3 is 0 Å². The molecule has 7 heteroatoms. The monoisotopic (exact) mass is 400 g/mol. The number of amides is 1. The maximum atomic E-state index is 13.1. The highest BCUT2D eigenvalue weighted by Gasteiger charge is 2.18. The van der Waals surface area contributed by atoms with Crippen molar-refractivity contribution in [1.29, 1.82) is 0 Å². The van der Waals surface area contributed by atoms with Crippen LogP contribution in [0.1, 0.15) is 29.6 Å². The molecular formula is C23H24N6O. The first-order chi connectivity index (χ1) is 14.8. The normalized spacial score (nSPS) is 14.9. The summed E-state index contributed by atoms with van der Waals surface area (Å²) in [5.74, 6) is 0.312. The predicted molar refractivity (Wildman–Crippen MR) is 118 cm³/mol. The molecule has 7 nitrogen and oxygen atoms in total. The Morgan fingerprint density at radius 2 is 1.87 bits per heavy atom. The molecule has 152 valence electrons. The van der Waals surface area contributed by atoms with Crippen LogP contribution >= 0.6 is 0 Å². The maximum Gasteiger partial charge on any atom is 0.261 e. The summed E-state index contributed by atoms with van der Waals surface area (Å²) in [7, 11) is 0. The molecule has 0 aliphatic carbocycles. The van der Waals surface area contributed by atoms with E-state index in [2.05, 4.69) is 30.8 Å². The average molecular weight is 400 g/mol. The molecule has 1 aromatic carbocycles. The van der Waals surface area contributed by atoms with E-state index in [1.807, 2.05) is 30.3 Å². The summed E-state index contributed by atoms with van der Waals surface area (Å²) in [5.41, 5.74) is 2.99. The zero-order valence-corrected chi connectivity index (χ0v) is 16.8. The van der Waals surface area contributed by atoms with E-state index in [1.165, 1.54) is 19.3 Å². The number of rotatable bonds is 5. The van der Waals surface area contributed by atoms with Crippen molar-refractivity contribution < 1.29 is 4.79 Å². The van der Waals surface area contributed by atoms with E-state index in [0.29, 0.717) is 17.0 Å². The molecule has 0 unspecified atom stereocenters. The summed E-state index contributed by atoms with van der Waals surface area (Å²) in [6.45, 7) is 4.01. The van der Waals surface area contributed by atoms with E-state index in [9.17, 15) is 4.79 Å². The number of imidazole rings is 1. The number of piperidine rings is 1. The Bertz CT molecular complexity index is 1190. The quantitative estimate of drug-likeness (QED) is 0.553. The van der Waals surface area contributed by atoms with Crippen LogP contribution in [0.25, 0.3) is 21.9 Å². The molecule has 0 saturated carbocycles. The molecule has 0 radical (unpaired) electrons. The third-order valence-electron chi connectivity index (χ3n) is 5.72. The van der Waals surface area contributed by atoms with Crippen molar-refractivity contribution >= 4 is 33.8 Å². The van der Waals surface area contributed by atoms with Gasteiger partial charge in [0.1, 0.15) is 0 Å². The van der Waals surface area contributed by atoms with Crippen LogP contribution in [0, 0.1) is 0 Å². The first-order valence-corrected chi connectivity index (χ1v) is 10.5. The first-order valence-electron chi connectivity index (χ1n) is 10.5. The summed E-state index contributed by atoms with van der Waals surface area (Å²) in [6, 6.07) is 11.7. The fraction of sp³-hybridized carbons (Fsp3) is 0.304. The molecule has 0 atom stereocenters. The third kappa shape index (κ3) is 3.64. The highest BCUT2D eigenvalue weighted by Crippen LogP contribution is 2.22. The van der Waals surface area contributed by atoms with E-state index in [4.69, 9.17) is 4.98 Å². The lowest BCUT2D eigenvalue weighted by molar-refractivity contribution is 0.102. The lowest BCUT2D eigenvalue weighted by Crippen LogP contribution is -2.32. The molecule has 4 aromatic rings. The van der Waals surface area contributed by atoms with Gasteiger partial charge in [-0.05, 0) is 50.2 Å². The van der Waals surface area contributed by atoms with Crippen LogP contribution in [0.2, 0.25) is 0 Å². The lowest BCUT2D eigenvalue weighted by atomic mass is 10.1. The molecular weight excluding hydrogens is 376 g/mol. The maximum absolute atomic E-state index is 13.1. The summed E-state index contributed by atoms with van der Waals surface area (Å²) >= 11 is 0. The Kier molecular flexibility index (Phi) is 5.11. The van der Waals surface area contributed by atoms with Crippen molar-refractivity contribution in [2.45, 2.75) is 25.8 Å². The number of likely N-dealkylation sites (tertiary alicyclic amines) is 1. The van der Waals surface area contributed by atoms with Crippen LogP contribution in [0.3, 0.4) is 0 Å². The molecule has 4 heterocycles. The van der Waals surface area contributed by atoms with Crippen LogP contribution in [0.5, 0.6) is 0 Å². The minimum absolute atomic E-state index is 0.249. The number of hydrogen-bond donors (Lipinski definition) is 1. The summed E-state index contributed by atoms with van der Waals surface area (Å²) in [5, 5.41) is 3.85. The standard InChI is InChI=1S/C23H24N6O/c30-22(18-16-24-15-17-7-6-10-25-21(17)18)27-23-26-19-8-2-3-9-20(19)29(23)14-13-28-11-4-1-5-12-28/h2-3,6-10,15-16H,1,4-5,11-14H2,(H,26,27,30). The molecule has 1 amide bonds. The second kappa shape index (κ2) is 8.20. The molecule has 1 aliphatic heterocycles. The second-order valence-electron chi connectivity index (χ2n) is 7.69. The van der Waals surface area contributed by atoms with Crippen LogP contribution in [0.4, 0.5) is 5.95 Å². The molecule has 30 heavy (non-hydrogen) atoms. The van der Waals surface area contributed by atoms with Gasteiger partial charge in [0.2, 0.25) is 5.95 Å². The van der Waals surface area contributed by atoms with Crippen molar-refractivity contribution in [3.8, 4) is 0 Å². The van der Waals surface area contributed by atoms with Gasteiger partial charge in [0, 0.05) is 37.1 Å². The molecule has 3 aromatic heterocycles. The van der Waals surface area contributed by atoms with Gasteiger partial charge < -0.3 is 9.47 Å². The van der Waals surface area contributed by atoms with Crippen LogP contribution in [0.15, 0.2) is 55.0 Å². The Morgan fingerprint density at radius 3 is 2.77 bits per heavy atom.